The van der Waals surface area contributed by atoms with Gasteiger partial charge in [0.15, 0.2) is 0 Å². The van der Waals surface area contributed by atoms with Crippen LogP contribution in [0.5, 0.6) is 0 Å². The molecule has 15 heavy (non-hydrogen) atoms. The molecule has 0 aromatic rings. The van der Waals surface area contributed by atoms with Crippen molar-refractivity contribution in [3.05, 3.63) is 0 Å². The molecule has 0 aromatic heterocycles. The number of hydrogen-bond donors (Lipinski definition) is 3. The second-order valence-electron chi connectivity index (χ2n) is 4.01. The molecule has 0 radical (unpaired) electrons. The average molecular weight is 233 g/mol. The van der Waals surface area contributed by atoms with E-state index < -0.39 is 6.03 Å². The van der Waals surface area contributed by atoms with Gasteiger partial charge in [0.2, 0.25) is 5.91 Å². The number of urea groups is 1. The van der Waals surface area contributed by atoms with Crippen molar-refractivity contribution < 1.29 is 9.59 Å². The lowest BCUT2D eigenvalue weighted by atomic mass is 10.1. The van der Waals surface area contributed by atoms with Crippen molar-refractivity contribution in [2.45, 2.75) is 31.6 Å². The average Bonchev–Trinajstić information content (AvgIpc) is 2.12. The summed E-state index contributed by atoms with van der Waals surface area (Å²) in [6, 6.07) is -0.487. The van der Waals surface area contributed by atoms with Crippen molar-refractivity contribution in [2.24, 2.45) is 5.73 Å². The zero-order valence-electron chi connectivity index (χ0n) is 9.59. The molecule has 4 N–H and O–H groups in total. The molecule has 6 heteroatoms. The van der Waals surface area contributed by atoms with Gasteiger partial charge in [-0.3, -0.25) is 10.1 Å². The van der Waals surface area contributed by atoms with Crippen molar-refractivity contribution in [3.8, 4) is 0 Å². The first-order chi connectivity index (χ1) is 6.76. The first-order valence-corrected chi connectivity index (χ1v) is 5.74. The molecule has 88 valence electrons. The zero-order valence-corrected chi connectivity index (χ0v) is 10.4. The molecule has 0 aromatic carbocycles. The summed E-state index contributed by atoms with van der Waals surface area (Å²) in [6.45, 7) is 5.53. The maximum absolute atomic E-state index is 11.4. The molecule has 0 spiro atoms. The molecular weight excluding hydrogens is 214 g/mol. The van der Waals surface area contributed by atoms with Crippen LogP contribution in [0.2, 0.25) is 0 Å². The van der Waals surface area contributed by atoms with Crippen LogP contribution in [0.1, 0.15) is 20.8 Å². The topological polar surface area (TPSA) is 84.2 Å². The Morgan fingerprint density at radius 2 is 2.00 bits per heavy atom. The standard InChI is InChI=1S/C9H19N3O2S/c1-6(15-5-9(2,3)10)7(13)12-8(14)11-4/h6H,5,10H2,1-4H3,(H2,11,12,13,14). The van der Waals surface area contributed by atoms with Crippen LogP contribution in [-0.2, 0) is 4.79 Å². The van der Waals surface area contributed by atoms with Gasteiger partial charge >= 0.3 is 6.03 Å². The molecule has 0 aliphatic heterocycles. The Morgan fingerprint density at radius 3 is 2.40 bits per heavy atom. The molecule has 0 fully saturated rings. The number of rotatable bonds is 4. The lowest BCUT2D eigenvalue weighted by molar-refractivity contribution is -0.119. The van der Waals surface area contributed by atoms with Gasteiger partial charge < -0.3 is 11.1 Å². The fraction of sp³-hybridized carbons (Fsp3) is 0.778. The van der Waals surface area contributed by atoms with Gasteiger partial charge in [0.05, 0.1) is 5.25 Å². The van der Waals surface area contributed by atoms with E-state index in [1.807, 2.05) is 13.8 Å². The quantitative estimate of drug-likeness (QED) is 0.652. The first kappa shape index (κ1) is 14.2. The number of nitrogens with one attached hydrogen (secondary N) is 2. The molecule has 0 rings (SSSR count). The SMILES string of the molecule is CNC(=O)NC(=O)C(C)SCC(C)(C)N. The number of hydrogen-bond acceptors (Lipinski definition) is 4. The van der Waals surface area contributed by atoms with Crippen LogP contribution < -0.4 is 16.4 Å². The van der Waals surface area contributed by atoms with Gasteiger partial charge in [0.25, 0.3) is 0 Å². The van der Waals surface area contributed by atoms with Gasteiger partial charge in [-0.2, -0.15) is 0 Å². The fourth-order valence-corrected chi connectivity index (χ4v) is 1.58. The number of nitrogens with two attached hydrogens (primary N) is 1. The minimum absolute atomic E-state index is 0.287. The van der Waals surface area contributed by atoms with E-state index in [9.17, 15) is 9.59 Å². The molecule has 0 aliphatic rings. The van der Waals surface area contributed by atoms with Crippen molar-refractivity contribution in [1.82, 2.24) is 10.6 Å². The Kier molecular flexibility index (Phi) is 5.67. The summed E-state index contributed by atoms with van der Waals surface area (Å²) < 4.78 is 0. The highest BCUT2D eigenvalue weighted by Crippen LogP contribution is 2.15. The van der Waals surface area contributed by atoms with Crippen LogP contribution in [0, 0.1) is 0 Å². The molecule has 3 amide bonds. The lowest BCUT2D eigenvalue weighted by Gasteiger charge is -2.20. The maximum atomic E-state index is 11.4. The highest BCUT2D eigenvalue weighted by molar-refractivity contribution is 8.00. The molecule has 5 nitrogen and oxygen atoms in total. The van der Waals surface area contributed by atoms with Crippen LogP contribution in [0.25, 0.3) is 0 Å². The van der Waals surface area contributed by atoms with E-state index in [0.29, 0.717) is 5.75 Å². The normalized spacial score (nSPS) is 13.1. The van der Waals surface area contributed by atoms with Gasteiger partial charge in [-0.15, -0.1) is 11.8 Å². The Balaban J connectivity index is 3.95. The van der Waals surface area contributed by atoms with E-state index in [4.69, 9.17) is 5.73 Å². The molecule has 1 unspecified atom stereocenters. The van der Waals surface area contributed by atoms with E-state index in [1.165, 1.54) is 18.8 Å². The van der Waals surface area contributed by atoms with Gasteiger partial charge in [0.1, 0.15) is 0 Å². The monoisotopic (exact) mass is 233 g/mol. The minimum Gasteiger partial charge on any atom is -0.341 e. The van der Waals surface area contributed by atoms with Gasteiger partial charge in [-0.05, 0) is 20.8 Å². The number of carbonyl (C=O) groups excluding carboxylic acids is 2. The van der Waals surface area contributed by atoms with E-state index in [2.05, 4.69) is 10.6 Å². The third-order valence-corrected chi connectivity index (χ3v) is 3.16. The second kappa shape index (κ2) is 5.97. The van der Waals surface area contributed by atoms with Crippen molar-refractivity contribution >= 4 is 23.7 Å². The highest BCUT2D eigenvalue weighted by Gasteiger charge is 2.19. The fourth-order valence-electron chi connectivity index (χ4n) is 0.691. The Hall–Kier alpha value is -0.750. The van der Waals surface area contributed by atoms with Crippen LogP contribution >= 0.6 is 11.8 Å². The van der Waals surface area contributed by atoms with Crippen LogP contribution in [-0.4, -0.2) is 35.5 Å². The Morgan fingerprint density at radius 1 is 1.47 bits per heavy atom. The molecule has 0 heterocycles. The minimum atomic E-state index is -0.487. The summed E-state index contributed by atoms with van der Waals surface area (Å²) in [5.41, 5.74) is 5.47. The Labute approximate surface area is 94.5 Å². The van der Waals surface area contributed by atoms with Gasteiger partial charge in [-0.25, -0.2) is 4.79 Å². The van der Waals surface area contributed by atoms with Crippen molar-refractivity contribution in [3.63, 3.8) is 0 Å². The largest absolute Gasteiger partial charge is 0.341 e. The van der Waals surface area contributed by atoms with E-state index >= 15 is 0 Å². The molecule has 0 saturated heterocycles. The van der Waals surface area contributed by atoms with E-state index in [1.54, 1.807) is 6.92 Å². The van der Waals surface area contributed by atoms with Crippen molar-refractivity contribution in [2.75, 3.05) is 12.8 Å². The third kappa shape index (κ3) is 7.21. The predicted molar refractivity (Wildman–Crippen MR) is 62.8 cm³/mol. The van der Waals surface area contributed by atoms with Crippen LogP contribution in [0.15, 0.2) is 0 Å². The van der Waals surface area contributed by atoms with Gasteiger partial charge in [0, 0.05) is 18.3 Å². The third-order valence-electron chi connectivity index (χ3n) is 1.54. The summed E-state index contributed by atoms with van der Waals surface area (Å²) in [6.07, 6.45) is 0. The number of amides is 3. The molecule has 0 bridgehead atoms. The Bertz CT molecular complexity index is 238. The smallest absolute Gasteiger partial charge is 0.321 e. The number of thioether (sulfide) groups is 1. The predicted octanol–water partition coefficient (Wildman–Crippen LogP) is 0.301. The molecule has 1 atom stereocenters. The summed E-state index contributed by atoms with van der Waals surface area (Å²) in [5, 5.41) is 4.25. The molecule has 0 aliphatic carbocycles. The van der Waals surface area contributed by atoms with Gasteiger partial charge in [-0.1, -0.05) is 0 Å². The van der Waals surface area contributed by atoms with Crippen LogP contribution in [0.4, 0.5) is 4.79 Å². The molecular formula is C9H19N3O2S. The zero-order chi connectivity index (χ0) is 12.1. The van der Waals surface area contributed by atoms with Crippen LogP contribution in [0.3, 0.4) is 0 Å². The van der Waals surface area contributed by atoms with Crippen molar-refractivity contribution in [1.29, 1.82) is 0 Å². The number of imide groups is 1. The van der Waals surface area contributed by atoms with E-state index in [0.717, 1.165) is 0 Å². The first-order valence-electron chi connectivity index (χ1n) is 4.69. The summed E-state index contributed by atoms with van der Waals surface area (Å²) >= 11 is 1.43. The highest BCUT2D eigenvalue weighted by atomic mass is 32.2. The van der Waals surface area contributed by atoms with E-state index in [-0.39, 0.29) is 16.7 Å². The molecule has 0 saturated carbocycles. The maximum Gasteiger partial charge on any atom is 0.321 e. The summed E-state index contributed by atoms with van der Waals surface area (Å²) in [7, 11) is 1.46. The summed E-state index contributed by atoms with van der Waals surface area (Å²) in [4.78, 5) is 22.2. The summed E-state index contributed by atoms with van der Waals surface area (Å²) in [5.74, 6) is 0.360. The lowest BCUT2D eigenvalue weighted by Crippen LogP contribution is -2.42. The second-order valence-corrected chi connectivity index (χ2v) is 5.34. The number of carbonyl (C=O) groups is 2.